The van der Waals surface area contributed by atoms with Crippen molar-refractivity contribution in [2.45, 2.75) is 25.9 Å². The fourth-order valence-electron chi connectivity index (χ4n) is 2.51. The zero-order valence-corrected chi connectivity index (χ0v) is 16.2. The van der Waals surface area contributed by atoms with E-state index in [9.17, 15) is 9.18 Å². The first kappa shape index (κ1) is 18.8. The lowest BCUT2D eigenvalue weighted by Gasteiger charge is -2.15. The van der Waals surface area contributed by atoms with Gasteiger partial charge in [-0.1, -0.05) is 23.7 Å². The maximum atomic E-state index is 13.3. The van der Waals surface area contributed by atoms with Crippen molar-refractivity contribution in [3.63, 3.8) is 0 Å². The second-order valence-corrected chi connectivity index (χ2v) is 7.44. The van der Waals surface area contributed by atoms with E-state index in [1.807, 2.05) is 24.4 Å². The van der Waals surface area contributed by atoms with Crippen LogP contribution in [0, 0.1) is 10.6 Å². The predicted octanol–water partition coefficient (Wildman–Crippen LogP) is 4.73. The summed E-state index contributed by atoms with van der Waals surface area (Å²) in [5.41, 5.74) is 0.740. The molecule has 26 heavy (non-hydrogen) atoms. The number of nitrogens with zero attached hydrogens (tertiary/aromatic N) is 2. The Hall–Kier alpha value is -2.03. The molecule has 0 fully saturated rings. The van der Waals surface area contributed by atoms with Crippen LogP contribution in [0.5, 0.6) is 0 Å². The average molecular weight is 411 g/mol. The minimum Gasteiger partial charge on any atom is -0.350 e. The monoisotopic (exact) mass is 410 g/mol. The van der Waals surface area contributed by atoms with Gasteiger partial charge in [-0.15, -0.1) is 11.3 Å². The lowest BCUT2D eigenvalue weighted by Crippen LogP contribution is -2.27. The highest BCUT2D eigenvalue weighted by atomic mass is 35.5. The molecule has 1 atom stereocenters. The van der Waals surface area contributed by atoms with E-state index in [1.54, 1.807) is 22.0 Å². The molecule has 1 aromatic carbocycles. The summed E-state index contributed by atoms with van der Waals surface area (Å²) in [5, 5.41) is 11.9. The van der Waals surface area contributed by atoms with Gasteiger partial charge in [0, 0.05) is 13.0 Å². The van der Waals surface area contributed by atoms with Gasteiger partial charge in [-0.05, 0) is 48.3 Å². The van der Waals surface area contributed by atoms with Gasteiger partial charge < -0.3 is 5.32 Å². The van der Waals surface area contributed by atoms with E-state index >= 15 is 0 Å². The summed E-state index contributed by atoms with van der Waals surface area (Å²) in [7, 11) is 0. The normalized spacial score (nSPS) is 12.1. The molecular weight excluding hydrogens is 395 g/mol. The minimum absolute atomic E-state index is 0.0360. The van der Waals surface area contributed by atoms with E-state index in [4.69, 9.17) is 23.8 Å². The minimum atomic E-state index is -0.482. The molecule has 5 nitrogen and oxygen atoms in total. The number of hydrogen-bond donors (Lipinski definition) is 2. The summed E-state index contributed by atoms with van der Waals surface area (Å²) in [6, 6.07) is 8.01. The van der Waals surface area contributed by atoms with Crippen LogP contribution in [0.4, 0.5) is 4.39 Å². The number of H-pyrrole nitrogens is 1. The second kappa shape index (κ2) is 8.11. The van der Waals surface area contributed by atoms with Gasteiger partial charge in [-0.25, -0.2) is 4.39 Å². The molecule has 0 saturated carbocycles. The van der Waals surface area contributed by atoms with Crippen molar-refractivity contribution < 1.29 is 9.18 Å². The number of carbonyl (C=O) groups excluding carboxylic acids is 1. The summed E-state index contributed by atoms with van der Waals surface area (Å²) >= 11 is 12.6. The topological polar surface area (TPSA) is 62.7 Å². The molecule has 2 N–H and O–H groups in total. The third kappa shape index (κ3) is 4.20. The molecule has 2 aromatic heterocycles. The Morgan fingerprint density at radius 3 is 3.00 bits per heavy atom. The standard InChI is InChI=1S/C17H16ClFN4OS2/c1-10(11-4-5-13(19)12(18)9-11)20-15(24)6-7-23-16(21-22-17(23)25)14-3-2-8-26-14/h2-5,8-10H,6-7H2,1H3,(H,20,24)(H,22,25). The first-order valence-electron chi connectivity index (χ1n) is 7.89. The van der Waals surface area contributed by atoms with Crippen LogP contribution in [-0.4, -0.2) is 20.7 Å². The molecule has 3 rings (SSSR count). The van der Waals surface area contributed by atoms with Crippen molar-refractivity contribution >= 4 is 41.1 Å². The molecule has 1 amide bonds. The Bertz CT molecular complexity index is 968. The summed E-state index contributed by atoms with van der Waals surface area (Å²) in [6.45, 7) is 2.23. The molecule has 0 radical (unpaired) electrons. The first-order valence-corrected chi connectivity index (χ1v) is 9.55. The highest BCUT2D eigenvalue weighted by Crippen LogP contribution is 2.23. The number of carbonyl (C=O) groups is 1. The molecule has 0 saturated heterocycles. The van der Waals surface area contributed by atoms with Gasteiger partial charge in [0.1, 0.15) is 5.82 Å². The lowest BCUT2D eigenvalue weighted by molar-refractivity contribution is -0.121. The molecule has 0 aliphatic heterocycles. The Balaban J connectivity index is 1.64. The van der Waals surface area contributed by atoms with Gasteiger partial charge in [-0.3, -0.25) is 14.5 Å². The number of hydrogen-bond acceptors (Lipinski definition) is 4. The van der Waals surface area contributed by atoms with E-state index in [2.05, 4.69) is 15.5 Å². The van der Waals surface area contributed by atoms with E-state index in [0.717, 1.165) is 16.3 Å². The average Bonchev–Trinajstić information content (AvgIpc) is 3.25. The van der Waals surface area contributed by atoms with Crippen molar-refractivity contribution in [2.75, 3.05) is 0 Å². The van der Waals surface area contributed by atoms with E-state index in [-0.39, 0.29) is 23.4 Å². The summed E-state index contributed by atoms with van der Waals surface area (Å²) in [6.07, 6.45) is 0.242. The maximum Gasteiger partial charge on any atom is 0.222 e. The number of nitrogens with one attached hydrogen (secondary N) is 2. The van der Waals surface area contributed by atoms with Crippen molar-refractivity contribution in [2.24, 2.45) is 0 Å². The van der Waals surface area contributed by atoms with Crippen LogP contribution in [0.25, 0.3) is 10.7 Å². The zero-order chi connectivity index (χ0) is 18.7. The Morgan fingerprint density at radius 2 is 2.31 bits per heavy atom. The second-order valence-electron chi connectivity index (χ2n) is 5.69. The van der Waals surface area contributed by atoms with Crippen LogP contribution in [0.2, 0.25) is 5.02 Å². The number of halogens is 2. The van der Waals surface area contributed by atoms with Crippen molar-refractivity contribution in [1.29, 1.82) is 0 Å². The number of amides is 1. The largest absolute Gasteiger partial charge is 0.350 e. The van der Waals surface area contributed by atoms with Crippen LogP contribution in [0.3, 0.4) is 0 Å². The van der Waals surface area contributed by atoms with Crippen molar-refractivity contribution in [3.8, 4) is 10.7 Å². The highest BCUT2D eigenvalue weighted by Gasteiger charge is 2.14. The molecule has 3 aromatic rings. The first-order chi connectivity index (χ1) is 12.5. The lowest BCUT2D eigenvalue weighted by atomic mass is 10.1. The molecule has 1 unspecified atom stereocenters. The Kier molecular flexibility index (Phi) is 5.85. The SMILES string of the molecule is CC(NC(=O)CCn1c(-c2cccs2)n[nH]c1=S)c1ccc(F)c(Cl)c1. The van der Waals surface area contributed by atoms with E-state index < -0.39 is 5.82 Å². The van der Waals surface area contributed by atoms with Gasteiger partial charge in [-0.2, -0.15) is 5.10 Å². The van der Waals surface area contributed by atoms with Gasteiger partial charge >= 0.3 is 0 Å². The number of aromatic nitrogens is 3. The third-order valence-corrected chi connectivity index (χ3v) is 5.35. The van der Waals surface area contributed by atoms with Gasteiger partial charge in [0.2, 0.25) is 5.91 Å². The third-order valence-electron chi connectivity index (χ3n) is 3.88. The fourth-order valence-corrected chi connectivity index (χ4v) is 3.65. The number of rotatable bonds is 6. The molecule has 0 aliphatic rings. The van der Waals surface area contributed by atoms with Crippen LogP contribution in [0.1, 0.15) is 24.9 Å². The quantitative estimate of drug-likeness (QED) is 0.577. The summed E-state index contributed by atoms with van der Waals surface area (Å²) in [4.78, 5) is 13.3. The van der Waals surface area contributed by atoms with E-state index in [0.29, 0.717) is 11.3 Å². The smallest absolute Gasteiger partial charge is 0.222 e. The predicted molar refractivity (Wildman–Crippen MR) is 103 cm³/mol. The van der Waals surface area contributed by atoms with Crippen LogP contribution >= 0.6 is 35.2 Å². The zero-order valence-electron chi connectivity index (χ0n) is 13.8. The summed E-state index contributed by atoms with van der Waals surface area (Å²) in [5.74, 6) is 0.0960. The fraction of sp³-hybridized carbons (Fsp3) is 0.235. The summed E-state index contributed by atoms with van der Waals surface area (Å²) < 4.78 is 15.5. The Labute approximate surface area is 163 Å². The van der Waals surface area contributed by atoms with Gasteiger partial charge in [0.05, 0.1) is 15.9 Å². The van der Waals surface area contributed by atoms with Crippen LogP contribution in [-0.2, 0) is 11.3 Å². The van der Waals surface area contributed by atoms with Crippen LogP contribution < -0.4 is 5.32 Å². The van der Waals surface area contributed by atoms with Gasteiger partial charge in [0.15, 0.2) is 10.6 Å². The Morgan fingerprint density at radius 1 is 1.50 bits per heavy atom. The van der Waals surface area contributed by atoms with E-state index in [1.165, 1.54) is 12.1 Å². The molecule has 9 heteroatoms. The van der Waals surface area contributed by atoms with Crippen molar-refractivity contribution in [1.82, 2.24) is 20.1 Å². The number of thiophene rings is 1. The van der Waals surface area contributed by atoms with Gasteiger partial charge in [0.25, 0.3) is 0 Å². The molecule has 136 valence electrons. The number of benzene rings is 1. The van der Waals surface area contributed by atoms with Crippen LogP contribution in [0.15, 0.2) is 35.7 Å². The molecule has 0 spiro atoms. The molecule has 0 aliphatic carbocycles. The molecular formula is C17H16ClFN4OS2. The number of aromatic amines is 1. The molecule has 2 heterocycles. The molecule has 0 bridgehead atoms. The maximum absolute atomic E-state index is 13.3. The van der Waals surface area contributed by atoms with Crippen molar-refractivity contribution in [3.05, 3.63) is 56.9 Å². The highest BCUT2D eigenvalue weighted by molar-refractivity contribution is 7.71.